The summed E-state index contributed by atoms with van der Waals surface area (Å²) in [5.74, 6) is -0.778. The lowest BCUT2D eigenvalue weighted by molar-refractivity contribution is -0.137. The van der Waals surface area contributed by atoms with E-state index < -0.39 is 5.97 Å². The molecule has 120 valence electrons. The van der Waals surface area contributed by atoms with Gasteiger partial charge in [0.1, 0.15) is 0 Å². The van der Waals surface area contributed by atoms with Crippen LogP contribution in [0.1, 0.15) is 64.7 Å². The van der Waals surface area contributed by atoms with Crippen molar-refractivity contribution in [2.75, 3.05) is 13.1 Å². The summed E-state index contributed by atoms with van der Waals surface area (Å²) in [6.07, 6.45) is 8.66. The van der Waals surface area contributed by atoms with Gasteiger partial charge in [-0.15, -0.1) is 0 Å². The van der Waals surface area contributed by atoms with Crippen LogP contribution in [0, 0.1) is 5.41 Å². The summed E-state index contributed by atoms with van der Waals surface area (Å²) >= 11 is 0. The van der Waals surface area contributed by atoms with E-state index in [2.05, 4.69) is 12.2 Å². The number of carboxylic acid groups (broad SMARTS) is 1. The molecule has 2 N–H and O–H groups in total. The molecule has 1 saturated carbocycles. The maximum Gasteiger partial charge on any atom is 0.317 e. The summed E-state index contributed by atoms with van der Waals surface area (Å²) in [7, 11) is 0. The van der Waals surface area contributed by atoms with Gasteiger partial charge in [-0.1, -0.05) is 19.8 Å². The summed E-state index contributed by atoms with van der Waals surface area (Å²) < 4.78 is 0. The highest BCUT2D eigenvalue weighted by Crippen LogP contribution is 2.36. The Labute approximate surface area is 127 Å². The second-order valence-electron chi connectivity index (χ2n) is 6.95. The highest BCUT2D eigenvalue weighted by molar-refractivity contribution is 5.75. The van der Waals surface area contributed by atoms with Crippen molar-refractivity contribution in [3.05, 3.63) is 0 Å². The van der Waals surface area contributed by atoms with E-state index in [0.29, 0.717) is 6.42 Å². The lowest BCUT2D eigenvalue weighted by Crippen LogP contribution is -2.50. The first kappa shape index (κ1) is 16.1. The maximum atomic E-state index is 12.4. The molecule has 0 radical (unpaired) electrons. The molecule has 0 aromatic heterocycles. The monoisotopic (exact) mass is 296 g/mol. The van der Waals surface area contributed by atoms with Crippen molar-refractivity contribution in [1.82, 2.24) is 10.2 Å². The van der Waals surface area contributed by atoms with Gasteiger partial charge in [0.05, 0.1) is 0 Å². The second kappa shape index (κ2) is 7.14. The number of nitrogens with zero attached hydrogens (tertiary/aromatic N) is 1. The number of amides is 2. The number of hydrogen-bond acceptors (Lipinski definition) is 2. The molecule has 2 aliphatic rings. The molecular weight excluding hydrogens is 268 g/mol. The van der Waals surface area contributed by atoms with E-state index in [1.54, 1.807) is 0 Å². The Hall–Kier alpha value is -1.26. The lowest BCUT2D eigenvalue weighted by Gasteiger charge is -2.36. The van der Waals surface area contributed by atoms with Gasteiger partial charge in [-0.25, -0.2) is 4.79 Å². The number of likely N-dealkylation sites (tertiary alicyclic amines) is 1. The molecule has 1 unspecified atom stereocenters. The first-order chi connectivity index (χ1) is 10.0. The highest BCUT2D eigenvalue weighted by Gasteiger charge is 2.31. The summed E-state index contributed by atoms with van der Waals surface area (Å²) in [5, 5.41) is 11.9. The van der Waals surface area contributed by atoms with Crippen LogP contribution in [-0.4, -0.2) is 41.1 Å². The number of hydrogen-bond donors (Lipinski definition) is 2. The van der Waals surface area contributed by atoms with Crippen LogP contribution in [-0.2, 0) is 4.79 Å². The number of aliphatic carboxylic acids is 1. The van der Waals surface area contributed by atoms with Crippen LogP contribution < -0.4 is 5.32 Å². The third-order valence-corrected chi connectivity index (χ3v) is 5.06. The molecule has 1 aliphatic heterocycles. The average Bonchev–Trinajstić information content (AvgIpc) is 2.90. The van der Waals surface area contributed by atoms with Crippen LogP contribution in [0.25, 0.3) is 0 Å². The van der Waals surface area contributed by atoms with Crippen LogP contribution in [0.2, 0.25) is 0 Å². The number of carboxylic acids is 1. The Morgan fingerprint density at radius 1 is 1.24 bits per heavy atom. The van der Waals surface area contributed by atoms with E-state index in [9.17, 15) is 9.59 Å². The van der Waals surface area contributed by atoms with Crippen molar-refractivity contribution < 1.29 is 14.7 Å². The van der Waals surface area contributed by atoms with Crippen molar-refractivity contribution in [2.45, 2.75) is 70.8 Å². The Bertz CT molecular complexity index is 378. The third kappa shape index (κ3) is 4.61. The molecular formula is C16H28N2O3. The minimum atomic E-state index is -0.778. The van der Waals surface area contributed by atoms with Crippen LogP contribution in [0.4, 0.5) is 4.79 Å². The molecule has 5 heteroatoms. The number of carbonyl (C=O) groups is 2. The fraction of sp³-hybridized carbons (Fsp3) is 0.875. The Balaban J connectivity index is 1.84. The number of rotatable bonds is 5. The maximum absolute atomic E-state index is 12.4. The molecule has 1 heterocycles. The summed E-state index contributed by atoms with van der Waals surface area (Å²) in [6, 6.07) is 0.0875. The first-order valence-corrected chi connectivity index (χ1v) is 8.26. The van der Waals surface area contributed by atoms with Gasteiger partial charge in [-0.3, -0.25) is 4.79 Å². The number of urea groups is 1. The highest BCUT2D eigenvalue weighted by atomic mass is 16.4. The molecule has 1 atom stereocenters. The van der Waals surface area contributed by atoms with Crippen LogP contribution in [0.5, 0.6) is 0 Å². The van der Waals surface area contributed by atoms with Crippen molar-refractivity contribution >= 4 is 12.0 Å². The summed E-state index contributed by atoms with van der Waals surface area (Å²) in [6.45, 7) is 3.75. The number of carbonyl (C=O) groups excluding carboxylic acids is 1. The van der Waals surface area contributed by atoms with Gasteiger partial charge in [-0.2, -0.15) is 0 Å². The topological polar surface area (TPSA) is 69.6 Å². The van der Waals surface area contributed by atoms with Crippen molar-refractivity contribution in [1.29, 1.82) is 0 Å². The van der Waals surface area contributed by atoms with Crippen molar-refractivity contribution in [2.24, 2.45) is 5.41 Å². The molecule has 0 aromatic rings. The zero-order valence-electron chi connectivity index (χ0n) is 13.1. The molecule has 2 fully saturated rings. The van der Waals surface area contributed by atoms with Gasteiger partial charge < -0.3 is 15.3 Å². The van der Waals surface area contributed by atoms with E-state index in [-0.39, 0.29) is 23.9 Å². The van der Waals surface area contributed by atoms with Crippen LogP contribution >= 0.6 is 0 Å². The average molecular weight is 296 g/mol. The minimum absolute atomic E-state index is 0.00165. The normalized spacial score (nSPS) is 24.8. The molecule has 0 aromatic carbocycles. The van der Waals surface area contributed by atoms with E-state index in [1.807, 2.05) is 4.90 Å². The fourth-order valence-electron chi connectivity index (χ4n) is 3.65. The smallest absolute Gasteiger partial charge is 0.317 e. The van der Waals surface area contributed by atoms with E-state index in [4.69, 9.17) is 5.11 Å². The number of piperidine rings is 1. The van der Waals surface area contributed by atoms with Gasteiger partial charge >= 0.3 is 12.0 Å². The number of nitrogens with one attached hydrogen (secondary N) is 1. The van der Waals surface area contributed by atoms with Crippen molar-refractivity contribution in [3.63, 3.8) is 0 Å². The zero-order chi connectivity index (χ0) is 15.3. The van der Waals surface area contributed by atoms with E-state index >= 15 is 0 Å². The van der Waals surface area contributed by atoms with Gasteiger partial charge in [0, 0.05) is 25.6 Å². The predicted octanol–water partition coefficient (Wildman–Crippen LogP) is 3.00. The van der Waals surface area contributed by atoms with Crippen LogP contribution in [0.15, 0.2) is 0 Å². The molecule has 0 spiro atoms. The predicted molar refractivity (Wildman–Crippen MR) is 81.2 cm³/mol. The first-order valence-electron chi connectivity index (χ1n) is 8.26. The molecule has 5 nitrogen and oxygen atoms in total. The van der Waals surface area contributed by atoms with Gasteiger partial charge in [0.2, 0.25) is 0 Å². The Morgan fingerprint density at radius 3 is 2.62 bits per heavy atom. The summed E-state index contributed by atoms with van der Waals surface area (Å²) in [5.41, 5.74) is 0.252. The largest absolute Gasteiger partial charge is 0.481 e. The Kier molecular flexibility index (Phi) is 5.48. The molecule has 2 rings (SSSR count). The molecule has 21 heavy (non-hydrogen) atoms. The quantitative estimate of drug-likeness (QED) is 0.819. The molecule has 1 saturated heterocycles. The molecule has 2 amide bonds. The van der Waals surface area contributed by atoms with Crippen LogP contribution in [0.3, 0.4) is 0 Å². The standard InChI is InChI=1S/C16H28N2O3/c1-16(9-3-4-10-16)12-17-15(21)18-11-5-2-6-13(18)7-8-14(19)20/h13H,2-12H2,1H3,(H,17,21)(H,19,20). The third-order valence-electron chi connectivity index (χ3n) is 5.06. The SMILES string of the molecule is CC1(CNC(=O)N2CCCCC2CCC(=O)O)CCCC1. The minimum Gasteiger partial charge on any atom is -0.481 e. The summed E-state index contributed by atoms with van der Waals surface area (Å²) in [4.78, 5) is 25.0. The Morgan fingerprint density at radius 2 is 1.95 bits per heavy atom. The van der Waals surface area contributed by atoms with Gasteiger partial charge in [-0.05, 0) is 43.9 Å². The van der Waals surface area contributed by atoms with Crippen molar-refractivity contribution in [3.8, 4) is 0 Å². The van der Waals surface area contributed by atoms with Gasteiger partial charge in [0.15, 0.2) is 0 Å². The zero-order valence-corrected chi connectivity index (χ0v) is 13.1. The molecule has 1 aliphatic carbocycles. The van der Waals surface area contributed by atoms with E-state index in [0.717, 1.165) is 32.4 Å². The van der Waals surface area contributed by atoms with Gasteiger partial charge in [0.25, 0.3) is 0 Å². The fourth-order valence-corrected chi connectivity index (χ4v) is 3.65. The lowest BCUT2D eigenvalue weighted by atomic mass is 9.89. The second-order valence-corrected chi connectivity index (χ2v) is 6.95. The molecule has 0 bridgehead atoms. The van der Waals surface area contributed by atoms with E-state index in [1.165, 1.54) is 25.7 Å².